The molecule has 5 atom stereocenters. The van der Waals surface area contributed by atoms with Gasteiger partial charge >= 0.3 is 5.97 Å². The van der Waals surface area contributed by atoms with Crippen LogP contribution in [0.25, 0.3) is 0 Å². The van der Waals surface area contributed by atoms with Crippen molar-refractivity contribution in [2.45, 2.75) is 71.3 Å². The van der Waals surface area contributed by atoms with Gasteiger partial charge in [-0.2, -0.15) is 0 Å². The van der Waals surface area contributed by atoms with Crippen molar-refractivity contribution in [2.75, 3.05) is 18.5 Å². The molecule has 0 radical (unpaired) electrons. The molecule has 2 bridgehead atoms. The van der Waals surface area contributed by atoms with E-state index in [1.165, 1.54) is 38.2 Å². The summed E-state index contributed by atoms with van der Waals surface area (Å²) in [5.74, 6) is 1.16. The molecule has 166 valence electrons. The Morgan fingerprint density at radius 1 is 1.23 bits per heavy atom. The van der Waals surface area contributed by atoms with Gasteiger partial charge in [0.1, 0.15) is 11.6 Å². The van der Waals surface area contributed by atoms with Gasteiger partial charge in [-0.1, -0.05) is 37.8 Å². The summed E-state index contributed by atoms with van der Waals surface area (Å²) >= 11 is 6.44. The largest absolute Gasteiger partial charge is 0.491 e. The number of hydrogen-bond donors (Lipinski definition) is 1. The van der Waals surface area contributed by atoms with Gasteiger partial charge in [0.25, 0.3) is 0 Å². The number of carbonyl (C=O) groups is 1. The summed E-state index contributed by atoms with van der Waals surface area (Å²) < 4.78 is 26.0. The van der Waals surface area contributed by atoms with Gasteiger partial charge in [-0.05, 0) is 56.9 Å². The number of hydrogen-bond acceptors (Lipinski definition) is 4. The highest BCUT2D eigenvalue weighted by molar-refractivity contribution is 6.32. The Balaban J connectivity index is 1.40. The first-order chi connectivity index (χ1) is 14.4. The molecule has 1 N–H and O–H groups in total. The number of rotatable bonds is 7. The molecule has 0 saturated heterocycles. The highest BCUT2D eigenvalue weighted by atomic mass is 35.5. The predicted octanol–water partition coefficient (Wildman–Crippen LogP) is 6.22. The molecule has 0 heterocycles. The number of nitrogens with one attached hydrogen (secondary N) is 1. The molecule has 0 aromatic heterocycles. The lowest BCUT2D eigenvalue weighted by Gasteiger charge is -2.37. The van der Waals surface area contributed by atoms with E-state index < -0.39 is 5.82 Å². The summed E-state index contributed by atoms with van der Waals surface area (Å²) in [4.78, 5) is 12.2. The molecule has 0 amide bonds. The topological polar surface area (TPSA) is 47.6 Å². The Hall–Kier alpha value is -1.49. The van der Waals surface area contributed by atoms with Gasteiger partial charge < -0.3 is 14.8 Å². The molecule has 1 aromatic carbocycles. The normalized spacial score (nSPS) is 32.8. The molecule has 0 aliphatic heterocycles. The number of ether oxygens (including phenoxy) is 2. The highest BCUT2D eigenvalue weighted by Crippen LogP contribution is 2.50. The molecule has 3 aliphatic rings. The van der Waals surface area contributed by atoms with Crippen molar-refractivity contribution in [3.05, 3.63) is 23.0 Å². The first-order valence-corrected chi connectivity index (χ1v) is 11.8. The third-order valence-electron chi connectivity index (χ3n) is 7.26. The summed E-state index contributed by atoms with van der Waals surface area (Å²) in [5, 5.41) is 3.58. The molecule has 0 spiro atoms. The molecule has 3 aliphatic carbocycles. The molecular formula is C24H33ClFNO3. The first-order valence-electron chi connectivity index (χ1n) is 11.4. The summed E-state index contributed by atoms with van der Waals surface area (Å²) in [6.45, 7) is 5.01. The number of benzene rings is 1. The van der Waals surface area contributed by atoms with E-state index in [2.05, 4.69) is 12.2 Å². The molecule has 3 saturated carbocycles. The molecule has 6 heteroatoms. The van der Waals surface area contributed by atoms with Crippen molar-refractivity contribution in [3.63, 3.8) is 0 Å². The van der Waals surface area contributed by atoms with E-state index in [1.54, 1.807) is 13.0 Å². The van der Waals surface area contributed by atoms with Crippen molar-refractivity contribution in [3.8, 4) is 5.75 Å². The number of fused-ring (bicyclic) bond motifs is 2. The Morgan fingerprint density at radius 3 is 2.67 bits per heavy atom. The predicted molar refractivity (Wildman–Crippen MR) is 116 cm³/mol. The maximum atomic E-state index is 14.8. The minimum atomic E-state index is -0.405. The molecule has 30 heavy (non-hydrogen) atoms. The van der Waals surface area contributed by atoms with Crippen LogP contribution in [-0.2, 0) is 9.53 Å². The summed E-state index contributed by atoms with van der Waals surface area (Å²) in [7, 11) is 0. The van der Waals surface area contributed by atoms with Crippen molar-refractivity contribution < 1.29 is 18.7 Å². The van der Waals surface area contributed by atoms with Crippen LogP contribution in [0, 0.1) is 29.0 Å². The molecular weight excluding hydrogens is 405 g/mol. The van der Waals surface area contributed by atoms with E-state index >= 15 is 0 Å². The summed E-state index contributed by atoms with van der Waals surface area (Å²) in [5.41, 5.74) is 0.452. The Kier molecular flexibility index (Phi) is 6.47. The van der Waals surface area contributed by atoms with Crippen LogP contribution in [0.3, 0.4) is 0 Å². The average molecular weight is 438 g/mol. The zero-order chi connectivity index (χ0) is 21.3. The molecule has 2 unspecified atom stereocenters. The van der Waals surface area contributed by atoms with Gasteiger partial charge in [0.05, 0.1) is 29.8 Å². The third-order valence-corrected chi connectivity index (χ3v) is 7.55. The fourth-order valence-electron chi connectivity index (χ4n) is 6.01. The molecule has 4 rings (SSSR count). The standard InChI is InChI=1S/C24H33ClFNO3/c1-3-29-23(28)17-5-4-6-20(17)27-21-10-18(25)22(11-19(21)26)30-14-24(2)12-15-7-8-16(9-15)13-24/h10-11,15-17,20,27H,3-9,12-14H2,1-2H3/t15-,16+,17-,20?,24?/m1/s1. The second-order valence-electron chi connectivity index (χ2n) is 9.86. The Morgan fingerprint density at radius 2 is 1.97 bits per heavy atom. The quantitative estimate of drug-likeness (QED) is 0.514. The van der Waals surface area contributed by atoms with Crippen molar-refractivity contribution in [1.29, 1.82) is 0 Å². The summed E-state index contributed by atoms with van der Waals surface area (Å²) in [6, 6.07) is 2.82. The lowest BCUT2D eigenvalue weighted by atomic mass is 9.71. The molecule has 1 aromatic rings. The van der Waals surface area contributed by atoms with E-state index in [-0.39, 0.29) is 23.3 Å². The summed E-state index contributed by atoms with van der Waals surface area (Å²) in [6.07, 6.45) is 8.87. The third kappa shape index (κ3) is 4.71. The maximum Gasteiger partial charge on any atom is 0.311 e. The number of esters is 1. The van der Waals surface area contributed by atoms with Crippen LogP contribution in [0.4, 0.5) is 10.1 Å². The number of anilines is 1. The van der Waals surface area contributed by atoms with Crippen molar-refractivity contribution in [2.24, 2.45) is 23.2 Å². The minimum absolute atomic E-state index is 0.136. The van der Waals surface area contributed by atoms with Gasteiger partial charge in [-0.25, -0.2) is 4.39 Å². The Bertz CT molecular complexity index is 774. The lowest BCUT2D eigenvalue weighted by Crippen LogP contribution is -2.32. The average Bonchev–Trinajstić information content (AvgIpc) is 3.30. The first kappa shape index (κ1) is 21.7. The number of halogens is 2. The monoisotopic (exact) mass is 437 g/mol. The molecule has 4 nitrogen and oxygen atoms in total. The van der Waals surface area contributed by atoms with Gasteiger partial charge in [-0.15, -0.1) is 0 Å². The second kappa shape index (κ2) is 8.94. The van der Waals surface area contributed by atoms with Crippen LogP contribution in [0.5, 0.6) is 5.75 Å². The van der Waals surface area contributed by atoms with E-state index in [0.717, 1.165) is 31.1 Å². The zero-order valence-electron chi connectivity index (χ0n) is 18.0. The van der Waals surface area contributed by atoms with Crippen LogP contribution in [0.15, 0.2) is 12.1 Å². The van der Waals surface area contributed by atoms with E-state index in [9.17, 15) is 9.18 Å². The van der Waals surface area contributed by atoms with Gasteiger partial charge in [0.2, 0.25) is 0 Å². The van der Waals surface area contributed by atoms with Crippen LogP contribution < -0.4 is 10.1 Å². The van der Waals surface area contributed by atoms with E-state index in [4.69, 9.17) is 21.1 Å². The van der Waals surface area contributed by atoms with Crippen molar-refractivity contribution in [1.82, 2.24) is 0 Å². The van der Waals surface area contributed by atoms with Gasteiger partial charge in [0.15, 0.2) is 0 Å². The smallest absolute Gasteiger partial charge is 0.311 e. The van der Waals surface area contributed by atoms with Crippen LogP contribution >= 0.6 is 11.6 Å². The zero-order valence-corrected chi connectivity index (χ0v) is 18.8. The molecule has 3 fully saturated rings. The fourth-order valence-corrected chi connectivity index (χ4v) is 6.23. The Labute approximate surface area is 183 Å². The second-order valence-corrected chi connectivity index (χ2v) is 10.3. The van der Waals surface area contributed by atoms with E-state index in [1.807, 2.05) is 0 Å². The highest BCUT2D eigenvalue weighted by Gasteiger charge is 2.41. The van der Waals surface area contributed by atoms with Gasteiger partial charge in [-0.3, -0.25) is 4.79 Å². The van der Waals surface area contributed by atoms with Crippen LogP contribution in [-0.4, -0.2) is 25.2 Å². The van der Waals surface area contributed by atoms with Gasteiger partial charge in [0, 0.05) is 17.5 Å². The van der Waals surface area contributed by atoms with Crippen LogP contribution in [0.2, 0.25) is 5.02 Å². The van der Waals surface area contributed by atoms with Crippen LogP contribution in [0.1, 0.15) is 65.2 Å². The fraction of sp³-hybridized carbons (Fsp3) is 0.708. The SMILES string of the molecule is CCOC(=O)[C@@H]1CCCC1Nc1cc(Cl)c(OCC2(C)C[C@@H]3CC[C@@H](C3)C2)cc1F. The number of carbonyl (C=O) groups excluding carboxylic acids is 1. The minimum Gasteiger partial charge on any atom is -0.491 e. The maximum absolute atomic E-state index is 14.8. The van der Waals surface area contributed by atoms with Crippen molar-refractivity contribution >= 4 is 23.3 Å². The lowest BCUT2D eigenvalue weighted by molar-refractivity contribution is -0.148. The van der Waals surface area contributed by atoms with E-state index in [0.29, 0.717) is 29.7 Å².